The van der Waals surface area contributed by atoms with E-state index in [1.165, 1.54) is 17.2 Å². The van der Waals surface area contributed by atoms with Crippen molar-refractivity contribution in [3.63, 3.8) is 0 Å². The van der Waals surface area contributed by atoms with Gasteiger partial charge in [-0.25, -0.2) is 4.79 Å². The number of halogens is 1. The molecular weight excluding hydrogens is 411 g/mol. The minimum Gasteiger partial charge on any atom is -0.449 e. The van der Waals surface area contributed by atoms with Crippen LogP contribution in [0.25, 0.3) is 17.2 Å². The van der Waals surface area contributed by atoms with Crippen LogP contribution in [0.5, 0.6) is 0 Å². The van der Waals surface area contributed by atoms with Gasteiger partial charge in [-0.1, -0.05) is 60.7 Å². The molecule has 6 nitrogen and oxygen atoms in total. The van der Waals surface area contributed by atoms with Gasteiger partial charge >= 0.3 is 11.8 Å². The molecule has 1 aliphatic rings. The van der Waals surface area contributed by atoms with Gasteiger partial charge in [0.2, 0.25) is 5.82 Å². The predicted molar refractivity (Wildman–Crippen MR) is 120 cm³/mol. The zero-order chi connectivity index (χ0) is 22.5. The third kappa shape index (κ3) is 4.51. The third-order valence-electron chi connectivity index (χ3n) is 5.40. The number of nitro groups is 1. The van der Waals surface area contributed by atoms with E-state index in [-0.39, 0.29) is 12.5 Å². The number of nitrogens with one attached hydrogen (secondary N) is 1. The Morgan fingerprint density at radius 3 is 2.34 bits per heavy atom. The van der Waals surface area contributed by atoms with Gasteiger partial charge in [-0.05, 0) is 46.4 Å². The average molecular weight is 432 g/mol. The predicted octanol–water partition coefficient (Wildman–Crippen LogP) is 5.68. The lowest BCUT2D eigenvalue weighted by molar-refractivity contribution is -0.387. The standard InChI is InChI=1S/C25H21FN2O4/c26-23-15-17(12-13-24(23)28(30)31)7-5-6-14-27-25(29)32-16-22-20-10-3-1-8-18(20)19-9-2-4-11-21(19)22/h1-5,7-13,15,22H,6,14,16H2,(H,27,29). The number of hydrogen-bond donors (Lipinski definition) is 1. The Labute approximate surface area is 184 Å². The molecule has 0 fully saturated rings. The van der Waals surface area contributed by atoms with E-state index in [0.29, 0.717) is 18.5 Å². The lowest BCUT2D eigenvalue weighted by Crippen LogP contribution is -2.26. The number of benzene rings is 3. The van der Waals surface area contributed by atoms with Crippen LogP contribution in [0.15, 0.2) is 72.8 Å². The molecule has 0 heterocycles. The Morgan fingerprint density at radius 1 is 1.06 bits per heavy atom. The van der Waals surface area contributed by atoms with Crippen molar-refractivity contribution in [2.24, 2.45) is 0 Å². The van der Waals surface area contributed by atoms with Gasteiger partial charge in [0, 0.05) is 18.5 Å². The number of hydrogen-bond acceptors (Lipinski definition) is 4. The van der Waals surface area contributed by atoms with Gasteiger partial charge in [0.05, 0.1) is 4.92 Å². The van der Waals surface area contributed by atoms with E-state index in [2.05, 4.69) is 29.6 Å². The van der Waals surface area contributed by atoms with Crippen molar-refractivity contribution >= 4 is 17.9 Å². The smallest absolute Gasteiger partial charge is 0.407 e. The summed E-state index contributed by atoms with van der Waals surface area (Å²) in [5, 5.41) is 13.4. The van der Waals surface area contributed by atoms with E-state index in [4.69, 9.17) is 4.74 Å². The summed E-state index contributed by atoms with van der Waals surface area (Å²) < 4.78 is 19.1. The molecule has 3 aromatic carbocycles. The number of amides is 1. The number of nitro benzene ring substituents is 1. The third-order valence-corrected chi connectivity index (χ3v) is 5.40. The minimum absolute atomic E-state index is 0.00470. The fourth-order valence-electron chi connectivity index (χ4n) is 3.90. The Balaban J connectivity index is 1.26. The van der Waals surface area contributed by atoms with Gasteiger partial charge < -0.3 is 10.1 Å². The Hall–Kier alpha value is -4.00. The monoisotopic (exact) mass is 432 g/mol. The molecule has 4 rings (SSSR count). The van der Waals surface area contributed by atoms with Crippen LogP contribution in [0.1, 0.15) is 29.0 Å². The number of carbonyl (C=O) groups excluding carboxylic acids is 1. The van der Waals surface area contributed by atoms with Crippen molar-refractivity contribution in [3.8, 4) is 11.1 Å². The van der Waals surface area contributed by atoms with Crippen LogP contribution in [0.2, 0.25) is 0 Å². The minimum atomic E-state index is -0.881. The second-order valence-corrected chi connectivity index (χ2v) is 7.41. The Morgan fingerprint density at radius 2 is 1.72 bits per heavy atom. The highest BCUT2D eigenvalue weighted by Crippen LogP contribution is 2.44. The highest BCUT2D eigenvalue weighted by Gasteiger charge is 2.28. The fourth-order valence-corrected chi connectivity index (χ4v) is 3.90. The summed E-state index contributed by atoms with van der Waals surface area (Å²) in [5.74, 6) is -0.876. The first-order chi connectivity index (χ1) is 15.5. The summed E-state index contributed by atoms with van der Waals surface area (Å²) >= 11 is 0. The second-order valence-electron chi connectivity index (χ2n) is 7.41. The molecule has 1 amide bonds. The summed E-state index contributed by atoms with van der Waals surface area (Å²) in [6.45, 7) is 0.598. The molecule has 0 spiro atoms. The van der Waals surface area contributed by atoms with E-state index < -0.39 is 22.5 Å². The molecule has 3 aromatic rings. The zero-order valence-corrected chi connectivity index (χ0v) is 17.2. The van der Waals surface area contributed by atoms with Crippen molar-refractivity contribution < 1.29 is 18.8 Å². The van der Waals surface area contributed by atoms with Crippen LogP contribution < -0.4 is 5.32 Å². The number of fused-ring (bicyclic) bond motifs is 3. The van der Waals surface area contributed by atoms with Crippen LogP contribution in [0, 0.1) is 15.9 Å². The first-order valence-electron chi connectivity index (χ1n) is 10.2. The summed E-state index contributed by atoms with van der Waals surface area (Å²) in [4.78, 5) is 22.0. The van der Waals surface area contributed by atoms with Crippen molar-refractivity contribution in [2.75, 3.05) is 13.2 Å². The van der Waals surface area contributed by atoms with Gasteiger partial charge in [-0.2, -0.15) is 4.39 Å². The number of rotatable bonds is 7. The quantitative estimate of drug-likeness (QED) is 0.296. The maximum atomic E-state index is 13.6. The van der Waals surface area contributed by atoms with Gasteiger partial charge in [0.25, 0.3) is 0 Å². The van der Waals surface area contributed by atoms with E-state index in [9.17, 15) is 19.3 Å². The van der Waals surface area contributed by atoms with Crippen LogP contribution in [0.3, 0.4) is 0 Å². The van der Waals surface area contributed by atoms with Gasteiger partial charge in [0.15, 0.2) is 0 Å². The van der Waals surface area contributed by atoms with Crippen LogP contribution in [-0.4, -0.2) is 24.2 Å². The van der Waals surface area contributed by atoms with Crippen molar-refractivity contribution in [1.29, 1.82) is 0 Å². The van der Waals surface area contributed by atoms with Crippen LogP contribution in [0.4, 0.5) is 14.9 Å². The molecule has 7 heteroatoms. The van der Waals surface area contributed by atoms with E-state index >= 15 is 0 Å². The fraction of sp³-hybridized carbons (Fsp3) is 0.160. The second kappa shape index (κ2) is 9.43. The van der Waals surface area contributed by atoms with Crippen molar-refractivity contribution in [3.05, 3.63) is 105 Å². The summed E-state index contributed by atoms with van der Waals surface area (Å²) in [6, 6.07) is 20.0. The van der Waals surface area contributed by atoms with Gasteiger partial charge in [-0.15, -0.1) is 0 Å². The highest BCUT2D eigenvalue weighted by atomic mass is 19.1. The molecule has 32 heavy (non-hydrogen) atoms. The number of alkyl carbamates (subject to hydrolysis) is 1. The molecular formula is C25H21FN2O4. The van der Waals surface area contributed by atoms with Crippen molar-refractivity contribution in [1.82, 2.24) is 5.32 Å². The molecule has 162 valence electrons. The summed E-state index contributed by atoms with van der Waals surface area (Å²) in [7, 11) is 0. The summed E-state index contributed by atoms with van der Waals surface area (Å²) in [5.41, 5.74) is 4.60. The van der Waals surface area contributed by atoms with Crippen molar-refractivity contribution in [2.45, 2.75) is 12.3 Å². The zero-order valence-electron chi connectivity index (χ0n) is 17.2. The Kier molecular flexibility index (Phi) is 6.26. The Bertz CT molecular complexity index is 1150. The topological polar surface area (TPSA) is 81.5 Å². The molecule has 0 aromatic heterocycles. The first-order valence-corrected chi connectivity index (χ1v) is 10.2. The molecule has 1 N–H and O–H groups in total. The molecule has 0 saturated carbocycles. The van der Waals surface area contributed by atoms with Gasteiger partial charge in [0.1, 0.15) is 6.61 Å². The lowest BCUT2D eigenvalue weighted by atomic mass is 9.98. The molecule has 0 aliphatic heterocycles. The molecule has 1 aliphatic carbocycles. The molecule has 0 atom stereocenters. The summed E-state index contributed by atoms with van der Waals surface area (Å²) in [6.07, 6.45) is 3.40. The van der Waals surface area contributed by atoms with E-state index in [0.717, 1.165) is 23.3 Å². The average Bonchev–Trinajstić information content (AvgIpc) is 3.11. The van der Waals surface area contributed by atoms with E-state index in [1.807, 2.05) is 24.3 Å². The number of ether oxygens (including phenoxy) is 1. The molecule has 0 bridgehead atoms. The molecule has 0 saturated heterocycles. The molecule has 0 radical (unpaired) electrons. The van der Waals surface area contributed by atoms with E-state index in [1.54, 1.807) is 12.2 Å². The SMILES string of the molecule is O=C(NCCC=Cc1ccc([N+](=O)[O-])c(F)c1)OCC1c2ccccc2-c2ccccc21. The first kappa shape index (κ1) is 21.2. The van der Waals surface area contributed by atoms with Crippen LogP contribution >= 0.6 is 0 Å². The highest BCUT2D eigenvalue weighted by molar-refractivity contribution is 5.79. The maximum absolute atomic E-state index is 13.6. The van der Waals surface area contributed by atoms with Crippen LogP contribution in [-0.2, 0) is 4.74 Å². The van der Waals surface area contributed by atoms with Gasteiger partial charge in [-0.3, -0.25) is 10.1 Å². The number of carbonyl (C=O) groups is 1. The number of nitrogens with zero attached hydrogens (tertiary/aromatic N) is 1. The lowest BCUT2D eigenvalue weighted by Gasteiger charge is -2.14. The largest absolute Gasteiger partial charge is 0.449 e. The maximum Gasteiger partial charge on any atom is 0.407 e. The molecule has 0 unspecified atom stereocenters. The normalized spacial score (nSPS) is 12.4.